The zero-order chi connectivity index (χ0) is 15.0. The van der Waals surface area contributed by atoms with Gasteiger partial charge in [0.05, 0.1) is 7.11 Å². The average Bonchev–Trinajstić information content (AvgIpc) is 2.31. The molecule has 0 unspecified atom stereocenters. The lowest BCUT2D eigenvalue weighted by Gasteiger charge is -2.49. The summed E-state index contributed by atoms with van der Waals surface area (Å²) < 4.78 is 61.3. The van der Waals surface area contributed by atoms with E-state index >= 15 is 0 Å². The van der Waals surface area contributed by atoms with Gasteiger partial charge >= 0.3 is 6.18 Å². The molecule has 20 heavy (non-hydrogen) atoms. The third kappa shape index (κ3) is 2.60. The first-order chi connectivity index (χ1) is 9.31. The minimum absolute atomic E-state index is 0.110. The first-order valence-corrected chi connectivity index (χ1v) is 5.98. The summed E-state index contributed by atoms with van der Waals surface area (Å²) in [7, 11) is 2.40. The second-order valence-electron chi connectivity index (χ2n) is 4.81. The summed E-state index contributed by atoms with van der Waals surface area (Å²) in [6, 6.07) is 4.35. The second-order valence-corrected chi connectivity index (χ2v) is 4.81. The Balaban J connectivity index is 1.99. The smallest absolute Gasteiger partial charge is 0.419 e. The number of alkyl halides is 3. The fourth-order valence-electron chi connectivity index (χ4n) is 2.28. The Morgan fingerprint density at radius 1 is 1.25 bits per heavy atom. The molecule has 0 spiro atoms. The van der Waals surface area contributed by atoms with E-state index in [9.17, 15) is 17.6 Å². The number of likely N-dealkylation sites (tertiary alicyclic amines) is 1. The Morgan fingerprint density at radius 2 is 1.90 bits per heavy atom. The fourth-order valence-corrected chi connectivity index (χ4v) is 2.28. The summed E-state index contributed by atoms with van der Waals surface area (Å²) in [4.78, 5) is 1.55. The van der Waals surface area contributed by atoms with E-state index < -0.39 is 17.6 Å². The van der Waals surface area contributed by atoms with E-state index in [1.54, 1.807) is 11.0 Å². The molecule has 0 aromatic heterocycles. The van der Waals surface area contributed by atoms with E-state index in [1.807, 2.05) is 0 Å². The van der Waals surface area contributed by atoms with Gasteiger partial charge in [-0.25, -0.2) is 4.39 Å². The summed E-state index contributed by atoms with van der Waals surface area (Å²) >= 11 is 0. The van der Waals surface area contributed by atoms with E-state index in [2.05, 4.69) is 4.74 Å². The SMILES string of the molecule is COc1ccc(CN2CC(OC)(C(F)(F)F)C2)cc1F. The molecule has 1 saturated heterocycles. The molecule has 7 heteroatoms. The van der Waals surface area contributed by atoms with Crippen LogP contribution in [0.15, 0.2) is 18.2 Å². The van der Waals surface area contributed by atoms with Gasteiger partial charge < -0.3 is 9.47 Å². The topological polar surface area (TPSA) is 21.7 Å². The number of benzene rings is 1. The summed E-state index contributed by atoms with van der Waals surface area (Å²) in [6.07, 6.45) is -4.40. The third-order valence-corrected chi connectivity index (χ3v) is 3.49. The van der Waals surface area contributed by atoms with Crippen molar-refractivity contribution in [3.05, 3.63) is 29.6 Å². The number of methoxy groups -OCH3 is 2. The molecule has 1 aliphatic heterocycles. The highest BCUT2D eigenvalue weighted by Gasteiger charge is 2.62. The molecule has 3 nitrogen and oxygen atoms in total. The van der Waals surface area contributed by atoms with E-state index in [0.717, 1.165) is 7.11 Å². The normalized spacial score (nSPS) is 18.7. The molecule has 0 atom stereocenters. The first kappa shape index (κ1) is 15.1. The molecule has 0 amide bonds. The van der Waals surface area contributed by atoms with Gasteiger partial charge in [-0.15, -0.1) is 0 Å². The van der Waals surface area contributed by atoms with Crippen LogP contribution in [0.3, 0.4) is 0 Å². The average molecular weight is 293 g/mol. The van der Waals surface area contributed by atoms with Crippen LogP contribution in [-0.2, 0) is 11.3 Å². The first-order valence-electron chi connectivity index (χ1n) is 5.98. The third-order valence-electron chi connectivity index (χ3n) is 3.49. The molecule has 2 rings (SSSR count). The monoisotopic (exact) mass is 293 g/mol. The molecule has 1 fully saturated rings. The quantitative estimate of drug-likeness (QED) is 0.797. The summed E-state index contributed by atoms with van der Waals surface area (Å²) in [6.45, 7) is -0.261. The van der Waals surface area contributed by atoms with E-state index in [-0.39, 0.29) is 25.4 Å². The Bertz CT molecular complexity index is 484. The van der Waals surface area contributed by atoms with Gasteiger partial charge in [0.15, 0.2) is 17.2 Å². The highest BCUT2D eigenvalue weighted by atomic mass is 19.4. The van der Waals surface area contributed by atoms with Crippen LogP contribution in [0.25, 0.3) is 0 Å². The minimum atomic E-state index is -4.40. The van der Waals surface area contributed by atoms with Crippen LogP contribution in [0.2, 0.25) is 0 Å². The summed E-state index contributed by atoms with van der Waals surface area (Å²) in [5, 5.41) is 0. The highest BCUT2D eigenvalue weighted by Crippen LogP contribution is 2.41. The van der Waals surface area contributed by atoms with Crippen LogP contribution in [-0.4, -0.2) is 44.0 Å². The molecule has 0 N–H and O–H groups in total. The molecule has 0 radical (unpaired) electrons. The minimum Gasteiger partial charge on any atom is -0.494 e. The van der Waals surface area contributed by atoms with Gasteiger partial charge in [-0.3, -0.25) is 4.90 Å². The van der Waals surface area contributed by atoms with Crippen LogP contribution in [0, 0.1) is 5.82 Å². The van der Waals surface area contributed by atoms with Crippen molar-refractivity contribution in [1.82, 2.24) is 4.90 Å². The van der Waals surface area contributed by atoms with Crippen molar-refractivity contribution in [1.29, 1.82) is 0 Å². The maximum atomic E-state index is 13.5. The predicted molar refractivity (Wildman–Crippen MR) is 64.0 cm³/mol. The fraction of sp³-hybridized carbons (Fsp3) is 0.538. The molecule has 1 aromatic rings. The maximum absolute atomic E-state index is 13.5. The molecular weight excluding hydrogens is 278 g/mol. The number of ether oxygens (including phenoxy) is 2. The Kier molecular flexibility index (Phi) is 3.93. The Labute approximate surface area is 114 Å². The molecule has 0 aliphatic carbocycles. The lowest BCUT2D eigenvalue weighted by Crippen LogP contribution is -2.69. The molecule has 0 saturated carbocycles. The van der Waals surface area contributed by atoms with Gasteiger partial charge in [0.1, 0.15) is 0 Å². The zero-order valence-electron chi connectivity index (χ0n) is 11.1. The molecule has 1 heterocycles. The van der Waals surface area contributed by atoms with Crippen LogP contribution in [0.5, 0.6) is 5.75 Å². The zero-order valence-corrected chi connectivity index (χ0v) is 11.1. The molecule has 0 bridgehead atoms. The number of hydrogen-bond acceptors (Lipinski definition) is 3. The standard InChI is InChI=1S/C13H15F4NO2/c1-19-11-4-3-9(5-10(11)14)6-18-7-12(8-18,20-2)13(15,16)17/h3-5H,6-8H2,1-2H3. The van der Waals surface area contributed by atoms with Gasteiger partial charge in [0.2, 0.25) is 0 Å². The highest BCUT2D eigenvalue weighted by molar-refractivity contribution is 5.29. The van der Waals surface area contributed by atoms with Crippen molar-refractivity contribution < 1.29 is 27.0 Å². The molecular formula is C13H15F4NO2. The van der Waals surface area contributed by atoms with E-state index in [4.69, 9.17) is 4.74 Å². The maximum Gasteiger partial charge on any atom is 0.419 e. The summed E-state index contributed by atoms with van der Waals surface area (Å²) in [5.41, 5.74) is -1.51. The lowest BCUT2D eigenvalue weighted by molar-refractivity contribution is -0.312. The Hall–Kier alpha value is -1.34. The van der Waals surface area contributed by atoms with Crippen molar-refractivity contribution in [2.75, 3.05) is 27.3 Å². The van der Waals surface area contributed by atoms with Gasteiger partial charge in [0.25, 0.3) is 0 Å². The van der Waals surface area contributed by atoms with Gasteiger partial charge in [-0.05, 0) is 17.7 Å². The van der Waals surface area contributed by atoms with Crippen molar-refractivity contribution >= 4 is 0 Å². The van der Waals surface area contributed by atoms with E-state index in [0.29, 0.717) is 5.56 Å². The largest absolute Gasteiger partial charge is 0.494 e. The van der Waals surface area contributed by atoms with Crippen molar-refractivity contribution in [2.24, 2.45) is 0 Å². The molecule has 112 valence electrons. The molecule has 1 aromatic carbocycles. The van der Waals surface area contributed by atoms with Crippen LogP contribution >= 0.6 is 0 Å². The summed E-state index contributed by atoms with van der Waals surface area (Å²) in [5.74, 6) is -0.418. The Morgan fingerprint density at radius 3 is 2.35 bits per heavy atom. The van der Waals surface area contributed by atoms with Gasteiger partial charge in [0, 0.05) is 26.7 Å². The van der Waals surface area contributed by atoms with Crippen molar-refractivity contribution in [3.8, 4) is 5.75 Å². The van der Waals surface area contributed by atoms with Crippen LogP contribution < -0.4 is 4.74 Å². The van der Waals surface area contributed by atoms with Crippen molar-refractivity contribution in [3.63, 3.8) is 0 Å². The lowest BCUT2D eigenvalue weighted by atomic mass is 9.92. The van der Waals surface area contributed by atoms with E-state index in [1.165, 1.54) is 19.2 Å². The van der Waals surface area contributed by atoms with Gasteiger partial charge in [-0.2, -0.15) is 13.2 Å². The number of rotatable bonds is 4. The second kappa shape index (κ2) is 5.21. The number of nitrogens with zero attached hydrogens (tertiary/aromatic N) is 1. The number of halogens is 4. The van der Waals surface area contributed by atoms with Gasteiger partial charge in [-0.1, -0.05) is 6.07 Å². The molecule has 1 aliphatic rings. The van der Waals surface area contributed by atoms with Crippen LogP contribution in [0.4, 0.5) is 17.6 Å². The predicted octanol–water partition coefficient (Wildman–Crippen LogP) is 2.60. The van der Waals surface area contributed by atoms with Crippen LogP contribution in [0.1, 0.15) is 5.56 Å². The number of hydrogen-bond donors (Lipinski definition) is 0. The van der Waals surface area contributed by atoms with Crippen molar-refractivity contribution in [2.45, 2.75) is 18.3 Å².